The number of nitrogens with one attached hydrogen (secondary N) is 1. The van der Waals surface area contributed by atoms with Crippen LogP contribution in [0.1, 0.15) is 24.6 Å². The van der Waals surface area contributed by atoms with Crippen LogP contribution in [0.3, 0.4) is 0 Å². The quantitative estimate of drug-likeness (QED) is 0.771. The van der Waals surface area contributed by atoms with Crippen molar-refractivity contribution < 1.29 is 13.6 Å². The van der Waals surface area contributed by atoms with E-state index in [-0.39, 0.29) is 18.0 Å². The first-order valence-electron chi connectivity index (χ1n) is 7.99. The number of hydrogen-bond acceptors (Lipinski definition) is 3. The third-order valence-electron chi connectivity index (χ3n) is 3.88. The molecule has 2 heterocycles. The molecule has 130 valence electrons. The average Bonchev–Trinajstić information content (AvgIpc) is 2.91. The molecule has 0 atom stereocenters. The maximum atomic E-state index is 13.6. The standard InChI is InChI=1S/C18H18F2N4O/c1-3-21-15(25)10-24-18-16(11(2)23-24)13(17(19)20)9-14(22-18)12-7-5-4-6-8-12/h4-9,17H,3,10H2,1-2H3,(H,21,25). The zero-order chi connectivity index (χ0) is 18.0. The number of carbonyl (C=O) groups is 1. The molecule has 0 aliphatic heterocycles. The zero-order valence-corrected chi connectivity index (χ0v) is 14.0. The Balaban J connectivity index is 2.20. The van der Waals surface area contributed by atoms with Gasteiger partial charge in [0, 0.05) is 17.7 Å². The van der Waals surface area contributed by atoms with Gasteiger partial charge in [-0.3, -0.25) is 4.79 Å². The number of fused-ring (bicyclic) bond motifs is 1. The summed E-state index contributed by atoms with van der Waals surface area (Å²) in [5, 5.41) is 7.23. The Kier molecular flexibility index (Phi) is 4.74. The molecule has 1 amide bonds. The van der Waals surface area contributed by atoms with Crippen LogP contribution in [-0.2, 0) is 11.3 Å². The molecular formula is C18H18F2N4O. The molecule has 0 aliphatic carbocycles. The summed E-state index contributed by atoms with van der Waals surface area (Å²) in [7, 11) is 0. The van der Waals surface area contributed by atoms with Crippen molar-refractivity contribution in [1.29, 1.82) is 0 Å². The Labute approximate surface area is 143 Å². The summed E-state index contributed by atoms with van der Waals surface area (Å²) < 4.78 is 28.6. The van der Waals surface area contributed by atoms with Gasteiger partial charge in [-0.15, -0.1) is 0 Å². The molecular weight excluding hydrogens is 326 g/mol. The highest BCUT2D eigenvalue weighted by Crippen LogP contribution is 2.32. The Morgan fingerprint density at radius 2 is 2.00 bits per heavy atom. The second-order valence-corrected chi connectivity index (χ2v) is 5.66. The Bertz CT molecular complexity index is 906. The summed E-state index contributed by atoms with van der Waals surface area (Å²) in [5.41, 5.74) is 1.76. The highest BCUT2D eigenvalue weighted by atomic mass is 19.3. The molecule has 2 aromatic heterocycles. The van der Waals surface area contributed by atoms with Crippen molar-refractivity contribution >= 4 is 16.9 Å². The highest BCUT2D eigenvalue weighted by Gasteiger charge is 2.21. The molecule has 25 heavy (non-hydrogen) atoms. The molecule has 0 unspecified atom stereocenters. The van der Waals surface area contributed by atoms with E-state index in [0.717, 1.165) is 5.56 Å². The van der Waals surface area contributed by atoms with E-state index in [9.17, 15) is 13.6 Å². The van der Waals surface area contributed by atoms with Crippen LogP contribution in [0, 0.1) is 6.92 Å². The van der Waals surface area contributed by atoms with E-state index in [0.29, 0.717) is 29.0 Å². The fraction of sp³-hybridized carbons (Fsp3) is 0.278. The van der Waals surface area contributed by atoms with Crippen molar-refractivity contribution in [2.45, 2.75) is 26.8 Å². The summed E-state index contributed by atoms with van der Waals surface area (Å²) in [5.74, 6) is -0.239. The van der Waals surface area contributed by atoms with E-state index in [1.165, 1.54) is 10.7 Å². The second-order valence-electron chi connectivity index (χ2n) is 5.66. The van der Waals surface area contributed by atoms with Gasteiger partial charge < -0.3 is 5.32 Å². The van der Waals surface area contributed by atoms with Gasteiger partial charge in [-0.1, -0.05) is 30.3 Å². The van der Waals surface area contributed by atoms with Crippen LogP contribution in [0.5, 0.6) is 0 Å². The second kappa shape index (κ2) is 6.96. The molecule has 3 aromatic rings. The lowest BCUT2D eigenvalue weighted by molar-refractivity contribution is -0.121. The van der Waals surface area contributed by atoms with Crippen LogP contribution in [0.25, 0.3) is 22.3 Å². The number of aromatic nitrogens is 3. The zero-order valence-electron chi connectivity index (χ0n) is 14.0. The van der Waals surface area contributed by atoms with Gasteiger partial charge in [0.05, 0.1) is 16.8 Å². The van der Waals surface area contributed by atoms with Crippen LogP contribution in [0.2, 0.25) is 0 Å². The lowest BCUT2D eigenvalue weighted by Crippen LogP contribution is -2.27. The van der Waals surface area contributed by atoms with E-state index in [1.807, 2.05) is 25.1 Å². The Morgan fingerprint density at radius 3 is 2.64 bits per heavy atom. The predicted molar refractivity (Wildman–Crippen MR) is 91.3 cm³/mol. The summed E-state index contributed by atoms with van der Waals surface area (Å²) in [6, 6.07) is 10.5. The fourth-order valence-electron chi connectivity index (χ4n) is 2.81. The molecule has 0 fully saturated rings. The molecule has 3 rings (SSSR count). The van der Waals surface area contributed by atoms with E-state index in [2.05, 4.69) is 15.4 Å². The van der Waals surface area contributed by atoms with E-state index in [4.69, 9.17) is 0 Å². The summed E-state index contributed by atoms with van der Waals surface area (Å²) >= 11 is 0. The first-order chi connectivity index (χ1) is 12.0. The van der Waals surface area contributed by atoms with Crippen molar-refractivity contribution in [3.8, 4) is 11.3 Å². The third kappa shape index (κ3) is 3.35. The van der Waals surface area contributed by atoms with Gasteiger partial charge in [-0.25, -0.2) is 18.4 Å². The lowest BCUT2D eigenvalue weighted by Gasteiger charge is -2.09. The lowest BCUT2D eigenvalue weighted by atomic mass is 10.1. The summed E-state index contributed by atoms with van der Waals surface area (Å²) in [6.45, 7) is 3.88. The fourth-order valence-corrected chi connectivity index (χ4v) is 2.81. The molecule has 0 saturated carbocycles. The number of amides is 1. The maximum absolute atomic E-state index is 13.6. The van der Waals surface area contributed by atoms with Crippen molar-refractivity contribution in [3.63, 3.8) is 0 Å². The topological polar surface area (TPSA) is 59.8 Å². The number of hydrogen-bond donors (Lipinski definition) is 1. The summed E-state index contributed by atoms with van der Waals surface area (Å²) in [4.78, 5) is 16.4. The SMILES string of the molecule is CCNC(=O)Cn1nc(C)c2c(C(F)F)cc(-c3ccccc3)nc21. The largest absolute Gasteiger partial charge is 0.355 e. The van der Waals surface area contributed by atoms with Crippen LogP contribution in [-0.4, -0.2) is 27.2 Å². The average molecular weight is 344 g/mol. The van der Waals surface area contributed by atoms with Gasteiger partial charge >= 0.3 is 0 Å². The van der Waals surface area contributed by atoms with Crippen LogP contribution >= 0.6 is 0 Å². The minimum atomic E-state index is -2.66. The van der Waals surface area contributed by atoms with E-state index < -0.39 is 6.43 Å². The molecule has 0 bridgehead atoms. The predicted octanol–water partition coefficient (Wildman–Crippen LogP) is 3.48. The number of nitrogens with zero attached hydrogens (tertiary/aromatic N) is 3. The van der Waals surface area contributed by atoms with Crippen LogP contribution < -0.4 is 5.32 Å². The van der Waals surface area contributed by atoms with Gasteiger partial charge in [0.15, 0.2) is 5.65 Å². The number of rotatable bonds is 5. The van der Waals surface area contributed by atoms with Crippen molar-refractivity contribution in [2.75, 3.05) is 6.54 Å². The molecule has 5 nitrogen and oxygen atoms in total. The Hall–Kier alpha value is -2.83. The molecule has 1 N–H and O–H groups in total. The highest BCUT2D eigenvalue weighted by molar-refractivity contribution is 5.87. The summed E-state index contributed by atoms with van der Waals surface area (Å²) in [6.07, 6.45) is -2.66. The number of halogens is 2. The number of likely N-dealkylation sites (N-methyl/N-ethyl adjacent to an activating group) is 1. The van der Waals surface area contributed by atoms with Crippen LogP contribution in [0.4, 0.5) is 8.78 Å². The first kappa shape index (κ1) is 17.0. The third-order valence-corrected chi connectivity index (χ3v) is 3.88. The van der Waals surface area contributed by atoms with Crippen molar-refractivity contribution in [3.05, 3.63) is 47.7 Å². The van der Waals surface area contributed by atoms with Crippen LogP contribution in [0.15, 0.2) is 36.4 Å². The molecule has 1 aromatic carbocycles. The van der Waals surface area contributed by atoms with Gasteiger partial charge in [0.1, 0.15) is 6.54 Å². The molecule has 7 heteroatoms. The monoisotopic (exact) mass is 344 g/mol. The molecule has 0 spiro atoms. The number of carbonyl (C=O) groups excluding carboxylic acids is 1. The minimum absolute atomic E-state index is 0.0634. The number of pyridine rings is 1. The van der Waals surface area contributed by atoms with Gasteiger partial charge in [-0.05, 0) is 19.9 Å². The van der Waals surface area contributed by atoms with Crippen molar-refractivity contribution in [2.24, 2.45) is 0 Å². The number of benzene rings is 1. The minimum Gasteiger partial charge on any atom is -0.355 e. The normalized spacial score (nSPS) is 11.2. The maximum Gasteiger partial charge on any atom is 0.264 e. The number of alkyl halides is 2. The van der Waals surface area contributed by atoms with E-state index >= 15 is 0 Å². The van der Waals surface area contributed by atoms with Crippen molar-refractivity contribution in [1.82, 2.24) is 20.1 Å². The molecule has 0 aliphatic rings. The smallest absolute Gasteiger partial charge is 0.264 e. The number of aryl methyl sites for hydroxylation is 1. The first-order valence-corrected chi connectivity index (χ1v) is 7.99. The van der Waals surface area contributed by atoms with Gasteiger partial charge in [-0.2, -0.15) is 5.10 Å². The molecule has 0 saturated heterocycles. The molecule has 0 radical (unpaired) electrons. The van der Waals surface area contributed by atoms with Gasteiger partial charge in [0.2, 0.25) is 5.91 Å². The van der Waals surface area contributed by atoms with E-state index in [1.54, 1.807) is 19.1 Å². The van der Waals surface area contributed by atoms with Gasteiger partial charge in [0.25, 0.3) is 6.43 Å². The Morgan fingerprint density at radius 1 is 1.28 bits per heavy atom.